The maximum absolute atomic E-state index is 10.4. The van der Waals surface area contributed by atoms with Gasteiger partial charge in [-0.1, -0.05) is 19.9 Å². The van der Waals surface area contributed by atoms with E-state index in [1.807, 2.05) is 26.0 Å². The SMILES string of the molecule is CC(C)c1cccc(CC(=O)O)n1. The van der Waals surface area contributed by atoms with Crippen LogP contribution >= 0.6 is 0 Å². The second-order valence-corrected chi connectivity index (χ2v) is 3.28. The van der Waals surface area contributed by atoms with Crippen LogP contribution in [0.1, 0.15) is 31.2 Å². The molecule has 0 aromatic carbocycles. The van der Waals surface area contributed by atoms with E-state index in [2.05, 4.69) is 4.98 Å². The van der Waals surface area contributed by atoms with Crippen molar-refractivity contribution in [3.63, 3.8) is 0 Å². The summed E-state index contributed by atoms with van der Waals surface area (Å²) in [4.78, 5) is 14.6. The van der Waals surface area contributed by atoms with E-state index in [0.717, 1.165) is 5.69 Å². The summed E-state index contributed by atoms with van der Waals surface area (Å²) >= 11 is 0. The van der Waals surface area contributed by atoms with E-state index in [9.17, 15) is 4.79 Å². The Morgan fingerprint density at radius 3 is 2.77 bits per heavy atom. The molecule has 0 aliphatic heterocycles. The van der Waals surface area contributed by atoms with E-state index in [1.54, 1.807) is 6.07 Å². The molecule has 3 heteroatoms. The van der Waals surface area contributed by atoms with Crippen molar-refractivity contribution in [3.8, 4) is 0 Å². The summed E-state index contributed by atoms with van der Waals surface area (Å²) in [5.74, 6) is -0.498. The molecule has 1 heterocycles. The Labute approximate surface area is 77.4 Å². The molecule has 0 radical (unpaired) electrons. The van der Waals surface area contributed by atoms with E-state index in [1.165, 1.54) is 0 Å². The van der Waals surface area contributed by atoms with Gasteiger partial charge in [-0.05, 0) is 18.1 Å². The van der Waals surface area contributed by atoms with Crippen molar-refractivity contribution in [1.82, 2.24) is 4.98 Å². The molecule has 0 aliphatic carbocycles. The third-order valence-electron chi connectivity index (χ3n) is 1.75. The van der Waals surface area contributed by atoms with Gasteiger partial charge in [0.15, 0.2) is 0 Å². The zero-order valence-electron chi connectivity index (χ0n) is 7.82. The van der Waals surface area contributed by atoms with Gasteiger partial charge in [0.2, 0.25) is 0 Å². The molecule has 0 saturated carbocycles. The van der Waals surface area contributed by atoms with E-state index >= 15 is 0 Å². The van der Waals surface area contributed by atoms with Crippen molar-refractivity contribution in [2.75, 3.05) is 0 Å². The molecule has 0 bridgehead atoms. The summed E-state index contributed by atoms with van der Waals surface area (Å²) in [6.07, 6.45) is 0.000556. The van der Waals surface area contributed by atoms with E-state index in [0.29, 0.717) is 11.6 Å². The minimum Gasteiger partial charge on any atom is -0.481 e. The van der Waals surface area contributed by atoms with Gasteiger partial charge in [0.05, 0.1) is 12.1 Å². The highest BCUT2D eigenvalue weighted by Crippen LogP contribution is 2.11. The Bertz CT molecular complexity index is 308. The molecule has 0 spiro atoms. The molecule has 1 N–H and O–H groups in total. The van der Waals surface area contributed by atoms with E-state index in [-0.39, 0.29) is 6.42 Å². The smallest absolute Gasteiger partial charge is 0.309 e. The van der Waals surface area contributed by atoms with Crippen molar-refractivity contribution in [3.05, 3.63) is 29.6 Å². The second kappa shape index (κ2) is 4.03. The van der Waals surface area contributed by atoms with Crippen molar-refractivity contribution < 1.29 is 9.90 Å². The van der Waals surface area contributed by atoms with Crippen molar-refractivity contribution in [1.29, 1.82) is 0 Å². The van der Waals surface area contributed by atoms with Crippen LogP contribution in [0, 0.1) is 0 Å². The first kappa shape index (κ1) is 9.71. The Kier molecular flexibility index (Phi) is 3.01. The Morgan fingerprint density at radius 2 is 2.23 bits per heavy atom. The molecule has 1 rings (SSSR count). The first-order valence-electron chi connectivity index (χ1n) is 4.27. The fourth-order valence-corrected chi connectivity index (χ4v) is 1.07. The molecule has 0 fully saturated rings. The fourth-order valence-electron chi connectivity index (χ4n) is 1.07. The Hall–Kier alpha value is -1.38. The number of hydrogen-bond acceptors (Lipinski definition) is 2. The van der Waals surface area contributed by atoms with Gasteiger partial charge in [0.1, 0.15) is 0 Å². The highest BCUT2D eigenvalue weighted by atomic mass is 16.4. The molecule has 0 aliphatic rings. The monoisotopic (exact) mass is 179 g/mol. The number of hydrogen-bond donors (Lipinski definition) is 1. The Morgan fingerprint density at radius 1 is 1.54 bits per heavy atom. The molecular weight excluding hydrogens is 166 g/mol. The van der Waals surface area contributed by atoms with E-state index < -0.39 is 5.97 Å². The lowest BCUT2D eigenvalue weighted by Crippen LogP contribution is -2.04. The molecule has 0 atom stereocenters. The van der Waals surface area contributed by atoms with Gasteiger partial charge >= 0.3 is 5.97 Å². The number of carboxylic acid groups (broad SMARTS) is 1. The lowest BCUT2D eigenvalue weighted by Gasteiger charge is -2.05. The maximum atomic E-state index is 10.4. The summed E-state index contributed by atoms with van der Waals surface area (Å²) in [5, 5.41) is 8.56. The summed E-state index contributed by atoms with van der Waals surface area (Å²) in [6.45, 7) is 4.07. The highest BCUT2D eigenvalue weighted by molar-refractivity contribution is 5.69. The number of nitrogens with zero attached hydrogens (tertiary/aromatic N) is 1. The minimum absolute atomic E-state index is 0.000556. The van der Waals surface area contributed by atoms with Gasteiger partial charge in [-0.25, -0.2) is 0 Å². The molecule has 70 valence electrons. The summed E-state index contributed by atoms with van der Waals surface area (Å²) in [6, 6.07) is 5.50. The first-order valence-corrected chi connectivity index (χ1v) is 4.27. The number of carboxylic acids is 1. The lowest BCUT2D eigenvalue weighted by atomic mass is 10.1. The van der Waals surface area contributed by atoms with Crippen LogP contribution < -0.4 is 0 Å². The fraction of sp³-hybridized carbons (Fsp3) is 0.400. The zero-order chi connectivity index (χ0) is 9.84. The quantitative estimate of drug-likeness (QED) is 0.770. The van der Waals surface area contributed by atoms with Crippen molar-refractivity contribution >= 4 is 5.97 Å². The topological polar surface area (TPSA) is 50.2 Å². The van der Waals surface area contributed by atoms with Crippen LogP contribution in [0.15, 0.2) is 18.2 Å². The molecule has 0 saturated heterocycles. The first-order chi connectivity index (χ1) is 6.09. The number of rotatable bonds is 3. The maximum Gasteiger partial charge on any atom is 0.309 e. The van der Waals surface area contributed by atoms with Crippen LogP contribution in [0.5, 0.6) is 0 Å². The standard InChI is InChI=1S/C10H13NO2/c1-7(2)9-5-3-4-8(11-9)6-10(12)13/h3-5,7H,6H2,1-2H3,(H,12,13). The van der Waals surface area contributed by atoms with Crippen LogP contribution in [0.2, 0.25) is 0 Å². The predicted molar refractivity (Wildman–Crippen MR) is 49.7 cm³/mol. The largest absolute Gasteiger partial charge is 0.481 e. The van der Waals surface area contributed by atoms with Crippen molar-refractivity contribution in [2.24, 2.45) is 0 Å². The van der Waals surface area contributed by atoms with Crippen LogP contribution in [-0.2, 0) is 11.2 Å². The third kappa shape index (κ3) is 2.86. The number of aromatic nitrogens is 1. The van der Waals surface area contributed by atoms with Crippen LogP contribution in [0.4, 0.5) is 0 Å². The van der Waals surface area contributed by atoms with Gasteiger partial charge < -0.3 is 5.11 Å². The lowest BCUT2D eigenvalue weighted by molar-refractivity contribution is -0.136. The Balaban J connectivity index is 2.85. The molecule has 0 amide bonds. The highest BCUT2D eigenvalue weighted by Gasteiger charge is 2.04. The average molecular weight is 179 g/mol. The molecule has 13 heavy (non-hydrogen) atoms. The molecule has 1 aromatic rings. The van der Waals surface area contributed by atoms with Gasteiger partial charge in [-0.15, -0.1) is 0 Å². The van der Waals surface area contributed by atoms with Crippen LogP contribution in [0.3, 0.4) is 0 Å². The third-order valence-corrected chi connectivity index (χ3v) is 1.75. The second-order valence-electron chi connectivity index (χ2n) is 3.28. The van der Waals surface area contributed by atoms with E-state index in [4.69, 9.17) is 5.11 Å². The number of carbonyl (C=O) groups is 1. The minimum atomic E-state index is -0.839. The summed E-state index contributed by atoms with van der Waals surface area (Å²) in [7, 11) is 0. The predicted octanol–water partition coefficient (Wildman–Crippen LogP) is 1.83. The van der Waals surface area contributed by atoms with Gasteiger partial charge in [0.25, 0.3) is 0 Å². The average Bonchev–Trinajstić information content (AvgIpc) is 2.03. The molecule has 0 unspecified atom stereocenters. The zero-order valence-corrected chi connectivity index (χ0v) is 7.82. The number of pyridine rings is 1. The molecule has 1 aromatic heterocycles. The van der Waals surface area contributed by atoms with Crippen LogP contribution in [-0.4, -0.2) is 16.1 Å². The van der Waals surface area contributed by atoms with Gasteiger partial charge in [-0.3, -0.25) is 9.78 Å². The normalized spacial score (nSPS) is 10.4. The summed E-state index contributed by atoms with van der Waals surface area (Å²) < 4.78 is 0. The van der Waals surface area contributed by atoms with Gasteiger partial charge in [0, 0.05) is 5.69 Å². The number of aliphatic carboxylic acids is 1. The van der Waals surface area contributed by atoms with Crippen molar-refractivity contribution in [2.45, 2.75) is 26.2 Å². The molecule has 3 nitrogen and oxygen atoms in total. The summed E-state index contributed by atoms with van der Waals surface area (Å²) in [5.41, 5.74) is 1.57. The molecular formula is C10H13NO2. The van der Waals surface area contributed by atoms with Gasteiger partial charge in [-0.2, -0.15) is 0 Å². The van der Waals surface area contributed by atoms with Crippen LogP contribution in [0.25, 0.3) is 0 Å².